The molecule has 1 amide bonds. The summed E-state index contributed by atoms with van der Waals surface area (Å²) in [4.78, 5) is 15.5. The van der Waals surface area contributed by atoms with Crippen LogP contribution in [0.3, 0.4) is 0 Å². The van der Waals surface area contributed by atoms with Crippen LogP contribution in [0.2, 0.25) is 0 Å². The Bertz CT molecular complexity index is 1150. The molecular weight excluding hydrogens is 493 g/mol. The molecule has 0 spiro atoms. The molecule has 3 unspecified atom stereocenters. The van der Waals surface area contributed by atoms with Crippen LogP contribution in [-0.2, 0) is 16.8 Å². The smallest absolute Gasteiger partial charge is 0.471 e. The van der Waals surface area contributed by atoms with Gasteiger partial charge in [0.15, 0.2) is 0 Å². The average Bonchev–Trinajstić information content (AvgIpc) is 3.73. The van der Waals surface area contributed by atoms with Gasteiger partial charge in [0.1, 0.15) is 12.4 Å². The summed E-state index contributed by atoms with van der Waals surface area (Å²) in [6.45, 7) is 5.84. The molecule has 0 bridgehead atoms. The van der Waals surface area contributed by atoms with Gasteiger partial charge in [0.2, 0.25) is 0 Å². The van der Waals surface area contributed by atoms with E-state index in [4.69, 9.17) is 4.74 Å². The van der Waals surface area contributed by atoms with Crippen molar-refractivity contribution >= 4 is 5.91 Å². The number of aryl methyl sites for hydroxylation is 1. The van der Waals surface area contributed by atoms with Crippen LogP contribution in [0, 0.1) is 12.8 Å². The van der Waals surface area contributed by atoms with Crippen LogP contribution in [0.1, 0.15) is 55.7 Å². The minimum atomic E-state index is -4.93. The molecule has 3 aliphatic rings. The summed E-state index contributed by atoms with van der Waals surface area (Å²) >= 11 is 0. The predicted molar refractivity (Wildman–Crippen MR) is 139 cm³/mol. The van der Waals surface area contributed by atoms with E-state index in [9.17, 15) is 23.1 Å². The highest BCUT2D eigenvalue weighted by molar-refractivity contribution is 5.82. The van der Waals surface area contributed by atoms with Crippen LogP contribution in [0.15, 0.2) is 48.5 Å². The van der Waals surface area contributed by atoms with Gasteiger partial charge in [-0.1, -0.05) is 36.4 Å². The van der Waals surface area contributed by atoms with Crippen molar-refractivity contribution in [2.45, 2.75) is 75.8 Å². The molecule has 8 heteroatoms. The molecule has 0 radical (unpaired) electrons. The van der Waals surface area contributed by atoms with Crippen molar-refractivity contribution in [2.24, 2.45) is 5.92 Å². The molecular formula is C30H37F3N2O3. The quantitative estimate of drug-likeness (QED) is 0.556. The summed E-state index contributed by atoms with van der Waals surface area (Å²) < 4.78 is 46.3. The molecule has 38 heavy (non-hydrogen) atoms. The number of hydrogen-bond donors (Lipinski definition) is 1. The number of alkyl halides is 3. The van der Waals surface area contributed by atoms with E-state index in [1.165, 1.54) is 12.8 Å². The number of benzene rings is 2. The first-order valence-electron chi connectivity index (χ1n) is 13.6. The fourth-order valence-electron chi connectivity index (χ4n) is 6.69. The van der Waals surface area contributed by atoms with Gasteiger partial charge in [0, 0.05) is 31.1 Å². The van der Waals surface area contributed by atoms with Crippen molar-refractivity contribution in [1.82, 2.24) is 9.80 Å². The van der Waals surface area contributed by atoms with Crippen molar-refractivity contribution in [2.75, 3.05) is 26.2 Å². The Balaban J connectivity index is 1.51. The van der Waals surface area contributed by atoms with Crippen molar-refractivity contribution in [3.63, 3.8) is 0 Å². The van der Waals surface area contributed by atoms with E-state index >= 15 is 0 Å². The first-order chi connectivity index (χ1) is 18.0. The molecule has 2 heterocycles. The van der Waals surface area contributed by atoms with Gasteiger partial charge in [0.25, 0.3) is 0 Å². The van der Waals surface area contributed by atoms with Gasteiger partial charge in [-0.25, -0.2) is 0 Å². The van der Waals surface area contributed by atoms with E-state index in [1.54, 1.807) is 0 Å². The number of rotatable bonds is 6. The van der Waals surface area contributed by atoms with Gasteiger partial charge >= 0.3 is 12.1 Å². The lowest BCUT2D eigenvalue weighted by Crippen LogP contribution is -2.68. The Morgan fingerprint density at radius 3 is 2.42 bits per heavy atom. The van der Waals surface area contributed by atoms with Gasteiger partial charge in [-0.05, 0) is 87.2 Å². The Morgan fingerprint density at radius 2 is 1.74 bits per heavy atom. The van der Waals surface area contributed by atoms with Crippen LogP contribution in [-0.4, -0.2) is 64.8 Å². The van der Waals surface area contributed by atoms with Gasteiger partial charge < -0.3 is 14.7 Å². The topological polar surface area (TPSA) is 53.0 Å². The highest BCUT2D eigenvalue weighted by atomic mass is 19.4. The van der Waals surface area contributed by atoms with Crippen LogP contribution < -0.4 is 4.74 Å². The highest BCUT2D eigenvalue weighted by Crippen LogP contribution is 2.53. The number of piperidine rings is 1. The average molecular weight is 531 g/mol. The molecule has 1 aliphatic carbocycles. The monoisotopic (exact) mass is 530 g/mol. The lowest BCUT2D eigenvalue weighted by Gasteiger charge is -2.58. The molecule has 5 nitrogen and oxygen atoms in total. The van der Waals surface area contributed by atoms with E-state index in [0.717, 1.165) is 34.7 Å². The lowest BCUT2D eigenvalue weighted by molar-refractivity contribution is -0.185. The predicted octanol–water partition coefficient (Wildman–Crippen LogP) is 5.23. The fraction of sp³-hybridized carbons (Fsp3) is 0.567. The number of fused-ring (bicyclic) bond motifs is 1. The maximum absolute atomic E-state index is 13.4. The molecule has 5 rings (SSSR count). The number of ether oxygens (including phenoxy) is 1. The van der Waals surface area contributed by atoms with Crippen LogP contribution in [0.25, 0.3) is 0 Å². The number of amides is 1. The van der Waals surface area contributed by atoms with E-state index < -0.39 is 23.1 Å². The van der Waals surface area contributed by atoms with Crippen molar-refractivity contribution in [3.05, 3.63) is 65.2 Å². The minimum Gasteiger partial charge on any atom is -0.489 e. The maximum atomic E-state index is 13.4. The summed E-state index contributed by atoms with van der Waals surface area (Å²) in [5.74, 6) is -0.542. The van der Waals surface area contributed by atoms with Gasteiger partial charge in [-0.15, -0.1) is 0 Å². The summed E-state index contributed by atoms with van der Waals surface area (Å²) in [6.07, 6.45) is -1.61. The molecule has 2 saturated heterocycles. The van der Waals surface area contributed by atoms with E-state index in [2.05, 4.69) is 4.90 Å². The first kappa shape index (κ1) is 27.0. The molecule has 3 atom stereocenters. The standard InChI is InChI=1S/C30H37F3N2O3/c1-21-8-11-25(38-20-24-6-4-3-5-7-24)18-26(21)28-12-15-34(27(36)30(31,32)33)17-14-29(28,37)22(2)35(16-13-28)19-23-9-10-23/h3-8,11,18,22-23,37H,9-10,12-17,19-20H2,1-2H3. The largest absolute Gasteiger partial charge is 0.489 e. The van der Waals surface area contributed by atoms with Crippen molar-refractivity contribution in [3.8, 4) is 5.75 Å². The third-order valence-corrected chi connectivity index (χ3v) is 9.16. The van der Waals surface area contributed by atoms with Gasteiger partial charge in [-0.3, -0.25) is 9.69 Å². The van der Waals surface area contributed by atoms with E-state index in [1.807, 2.05) is 62.4 Å². The second-order valence-corrected chi connectivity index (χ2v) is 11.4. The second kappa shape index (κ2) is 10.2. The summed E-state index contributed by atoms with van der Waals surface area (Å²) in [7, 11) is 0. The summed E-state index contributed by atoms with van der Waals surface area (Å²) in [5, 5.41) is 12.6. The van der Waals surface area contributed by atoms with Gasteiger partial charge in [0.05, 0.1) is 5.60 Å². The zero-order valence-corrected chi connectivity index (χ0v) is 22.1. The molecule has 206 valence electrons. The number of carbonyl (C=O) groups excluding carboxylic acids is 1. The van der Waals surface area contributed by atoms with Crippen LogP contribution in [0.4, 0.5) is 13.2 Å². The molecule has 0 aromatic heterocycles. The first-order valence-corrected chi connectivity index (χ1v) is 13.6. The maximum Gasteiger partial charge on any atom is 0.471 e. The Hall–Kier alpha value is -2.58. The number of halogens is 3. The number of likely N-dealkylation sites (tertiary alicyclic amines) is 2. The van der Waals surface area contributed by atoms with Gasteiger partial charge in [-0.2, -0.15) is 13.2 Å². The fourth-order valence-corrected chi connectivity index (χ4v) is 6.69. The SMILES string of the molecule is Cc1ccc(OCc2ccccc2)cc1C12CCN(C(=O)C(F)(F)F)CCC1(O)C(C)N(CC1CC1)CC2. The zero-order valence-electron chi connectivity index (χ0n) is 22.1. The number of hydrogen-bond acceptors (Lipinski definition) is 4. The molecule has 1 N–H and O–H groups in total. The Labute approximate surface area is 222 Å². The van der Waals surface area contributed by atoms with Crippen molar-refractivity contribution in [1.29, 1.82) is 0 Å². The molecule has 2 aromatic rings. The summed E-state index contributed by atoms with van der Waals surface area (Å²) in [5.41, 5.74) is 0.799. The number of carbonyl (C=O) groups is 1. The second-order valence-electron chi connectivity index (χ2n) is 11.4. The Kier molecular flexibility index (Phi) is 7.24. The third kappa shape index (κ3) is 5.05. The highest BCUT2D eigenvalue weighted by Gasteiger charge is 2.60. The molecule has 2 aliphatic heterocycles. The summed E-state index contributed by atoms with van der Waals surface area (Å²) in [6, 6.07) is 15.4. The normalized spacial score (nSPS) is 28.5. The van der Waals surface area contributed by atoms with E-state index in [0.29, 0.717) is 24.7 Å². The number of nitrogens with zero attached hydrogens (tertiary/aromatic N) is 2. The zero-order chi connectivity index (χ0) is 27.1. The lowest BCUT2D eigenvalue weighted by atomic mass is 9.57. The molecule has 1 saturated carbocycles. The molecule has 3 fully saturated rings. The van der Waals surface area contributed by atoms with Crippen LogP contribution in [0.5, 0.6) is 5.75 Å². The Morgan fingerprint density at radius 1 is 1.05 bits per heavy atom. The van der Waals surface area contributed by atoms with Crippen molar-refractivity contribution < 1.29 is 27.8 Å². The minimum absolute atomic E-state index is 0.0511. The number of aliphatic hydroxyl groups is 1. The van der Waals surface area contributed by atoms with Crippen LogP contribution >= 0.6 is 0 Å². The van der Waals surface area contributed by atoms with E-state index in [-0.39, 0.29) is 32.0 Å². The molecule has 2 aromatic carbocycles. The third-order valence-electron chi connectivity index (χ3n) is 9.16.